The molecular formula is C19H21N6O2-. The zero-order chi connectivity index (χ0) is 18.4. The predicted octanol–water partition coefficient (Wildman–Crippen LogP) is 2.65. The zero-order valence-electron chi connectivity index (χ0n) is 15.1. The Bertz CT molecular complexity index is 981. The third-order valence-electron chi connectivity index (χ3n) is 5.41. The zero-order valence-corrected chi connectivity index (χ0v) is 15.1. The Kier molecular flexibility index (Phi) is 3.96. The van der Waals surface area contributed by atoms with Crippen molar-refractivity contribution in [3.05, 3.63) is 47.3 Å². The van der Waals surface area contributed by atoms with E-state index in [1.54, 1.807) is 0 Å². The number of fused-ring (bicyclic) bond motifs is 2. The molecule has 0 spiro atoms. The van der Waals surface area contributed by atoms with Crippen LogP contribution in [0.3, 0.4) is 0 Å². The number of ether oxygens (including phenoxy) is 1. The molecule has 2 aromatic heterocycles. The molecule has 0 amide bonds. The van der Waals surface area contributed by atoms with Crippen molar-refractivity contribution in [2.24, 2.45) is 0 Å². The lowest BCUT2D eigenvalue weighted by Crippen LogP contribution is -2.37. The van der Waals surface area contributed by atoms with Crippen LogP contribution in [0.5, 0.6) is 0 Å². The van der Waals surface area contributed by atoms with E-state index < -0.39 is 0 Å². The van der Waals surface area contributed by atoms with Gasteiger partial charge in [0.2, 0.25) is 0 Å². The maximum atomic E-state index is 11.5. The van der Waals surface area contributed by atoms with E-state index in [0.29, 0.717) is 12.6 Å². The minimum absolute atomic E-state index is 0.338. The fourth-order valence-corrected chi connectivity index (χ4v) is 3.83. The molecule has 140 valence electrons. The summed E-state index contributed by atoms with van der Waals surface area (Å²) in [4.78, 5) is 6.72. The van der Waals surface area contributed by atoms with Crippen LogP contribution in [0.1, 0.15) is 18.4 Å². The number of rotatable bonds is 3. The summed E-state index contributed by atoms with van der Waals surface area (Å²) in [5, 5.41) is 17.2. The molecule has 1 aromatic carbocycles. The molecule has 0 atom stereocenters. The predicted molar refractivity (Wildman–Crippen MR) is 103 cm³/mol. The van der Waals surface area contributed by atoms with Crippen LogP contribution in [0.4, 0.5) is 11.5 Å². The SMILES string of the molecule is CN(c1ccc2ncc(-c3ccc4c(c3)CN([O-])N4)n2n1)C1CCOCC1. The van der Waals surface area contributed by atoms with Gasteiger partial charge in [-0.05, 0) is 42.7 Å². The Morgan fingerprint density at radius 3 is 2.93 bits per heavy atom. The van der Waals surface area contributed by atoms with E-state index in [9.17, 15) is 5.21 Å². The highest BCUT2D eigenvalue weighted by Gasteiger charge is 2.21. The lowest BCUT2D eigenvalue weighted by Gasteiger charge is -2.31. The van der Waals surface area contributed by atoms with Crippen LogP contribution in [0.15, 0.2) is 36.5 Å². The number of aromatic nitrogens is 3. The van der Waals surface area contributed by atoms with Crippen LogP contribution in [0.2, 0.25) is 0 Å². The van der Waals surface area contributed by atoms with E-state index in [1.807, 2.05) is 41.0 Å². The van der Waals surface area contributed by atoms with E-state index in [2.05, 4.69) is 22.4 Å². The van der Waals surface area contributed by atoms with Gasteiger partial charge in [-0.15, -0.1) is 5.10 Å². The summed E-state index contributed by atoms with van der Waals surface area (Å²) in [7, 11) is 2.09. The standard InChI is InChI=1S/C19H21N6O2/c1-23(15-6-8-27-9-7-15)19-5-4-18-20-11-17(25(18)22-19)13-2-3-16-14(10-13)12-24(26)21-16/h2-5,10-11,15,21H,6-9,12H2,1H3/q-1. The second kappa shape index (κ2) is 6.49. The fourth-order valence-electron chi connectivity index (χ4n) is 3.83. The lowest BCUT2D eigenvalue weighted by molar-refractivity contribution is 0.0853. The number of nitrogens with one attached hydrogen (secondary N) is 1. The Morgan fingerprint density at radius 2 is 2.07 bits per heavy atom. The third-order valence-corrected chi connectivity index (χ3v) is 5.41. The summed E-state index contributed by atoms with van der Waals surface area (Å²) >= 11 is 0. The molecule has 0 aliphatic carbocycles. The molecule has 2 aliphatic heterocycles. The van der Waals surface area contributed by atoms with E-state index in [0.717, 1.165) is 65.2 Å². The van der Waals surface area contributed by atoms with Gasteiger partial charge < -0.3 is 20.3 Å². The number of imidazole rings is 1. The minimum Gasteiger partial charge on any atom is -0.767 e. The monoisotopic (exact) mass is 365 g/mol. The highest BCUT2D eigenvalue weighted by molar-refractivity contribution is 5.69. The first kappa shape index (κ1) is 16.5. The maximum Gasteiger partial charge on any atom is 0.154 e. The molecule has 0 bridgehead atoms. The van der Waals surface area contributed by atoms with Gasteiger partial charge in [0.25, 0.3) is 0 Å². The van der Waals surface area contributed by atoms with E-state index >= 15 is 0 Å². The molecule has 1 fully saturated rings. The molecule has 0 radical (unpaired) electrons. The van der Waals surface area contributed by atoms with E-state index in [4.69, 9.17) is 9.84 Å². The molecular weight excluding hydrogens is 344 g/mol. The normalized spacial score (nSPS) is 17.9. The van der Waals surface area contributed by atoms with Crippen LogP contribution >= 0.6 is 0 Å². The second-order valence-corrected chi connectivity index (χ2v) is 7.08. The van der Waals surface area contributed by atoms with Gasteiger partial charge in [0, 0.05) is 38.4 Å². The molecule has 8 heteroatoms. The maximum absolute atomic E-state index is 11.5. The van der Waals surface area contributed by atoms with E-state index in [-0.39, 0.29) is 0 Å². The van der Waals surface area contributed by atoms with Crippen molar-refractivity contribution in [3.8, 4) is 11.3 Å². The Labute approximate surface area is 156 Å². The molecule has 0 saturated carbocycles. The van der Waals surface area contributed by atoms with Crippen molar-refractivity contribution < 1.29 is 4.74 Å². The van der Waals surface area contributed by atoms with E-state index in [1.165, 1.54) is 0 Å². The van der Waals surface area contributed by atoms with Crippen molar-refractivity contribution in [1.82, 2.24) is 19.8 Å². The van der Waals surface area contributed by atoms with Gasteiger partial charge >= 0.3 is 0 Å². The molecule has 1 saturated heterocycles. The lowest BCUT2D eigenvalue weighted by atomic mass is 10.1. The third kappa shape index (κ3) is 2.91. The van der Waals surface area contributed by atoms with Gasteiger partial charge in [0.15, 0.2) is 5.65 Å². The molecule has 0 unspecified atom stereocenters. The minimum atomic E-state index is 0.338. The first-order valence-corrected chi connectivity index (χ1v) is 9.19. The van der Waals surface area contributed by atoms with Crippen molar-refractivity contribution in [3.63, 3.8) is 0 Å². The van der Waals surface area contributed by atoms with Crippen LogP contribution in [-0.4, -0.2) is 46.1 Å². The fraction of sp³-hybridized carbons (Fsp3) is 0.368. The molecule has 1 N–H and O–H groups in total. The highest BCUT2D eigenvalue weighted by Crippen LogP contribution is 2.30. The quantitative estimate of drug-likeness (QED) is 0.764. The summed E-state index contributed by atoms with van der Waals surface area (Å²) in [5.74, 6) is 0.919. The summed E-state index contributed by atoms with van der Waals surface area (Å²) in [6.45, 7) is 1.94. The number of hydrogen-bond acceptors (Lipinski definition) is 7. The van der Waals surface area contributed by atoms with Gasteiger partial charge in [-0.1, -0.05) is 6.07 Å². The van der Waals surface area contributed by atoms with Crippen molar-refractivity contribution in [2.75, 3.05) is 30.6 Å². The molecule has 4 heterocycles. The first-order valence-electron chi connectivity index (χ1n) is 9.19. The summed E-state index contributed by atoms with van der Waals surface area (Å²) in [6.07, 6.45) is 3.85. The molecule has 5 rings (SSSR count). The van der Waals surface area contributed by atoms with Gasteiger partial charge in [0.05, 0.1) is 17.6 Å². The Balaban J connectivity index is 1.51. The summed E-state index contributed by atoms with van der Waals surface area (Å²) in [6, 6.07) is 10.4. The number of benzene rings is 1. The number of anilines is 2. The van der Waals surface area contributed by atoms with Gasteiger partial charge in [0.1, 0.15) is 5.82 Å². The largest absolute Gasteiger partial charge is 0.767 e. The first-order chi connectivity index (χ1) is 13.2. The average Bonchev–Trinajstić information content (AvgIpc) is 3.29. The number of nitrogens with zero attached hydrogens (tertiary/aromatic N) is 5. The van der Waals surface area contributed by atoms with Crippen molar-refractivity contribution >= 4 is 17.2 Å². The summed E-state index contributed by atoms with van der Waals surface area (Å²) in [5.41, 5.74) is 7.34. The topological polar surface area (TPSA) is 81.0 Å². The molecule has 27 heavy (non-hydrogen) atoms. The van der Waals surface area contributed by atoms with Crippen LogP contribution in [-0.2, 0) is 11.3 Å². The summed E-state index contributed by atoms with van der Waals surface area (Å²) < 4.78 is 7.35. The Hall–Kier alpha value is -2.68. The number of hydrazine groups is 1. The van der Waals surface area contributed by atoms with Crippen LogP contribution < -0.4 is 10.3 Å². The van der Waals surface area contributed by atoms with Gasteiger partial charge in [-0.25, -0.2) is 9.50 Å². The second-order valence-electron chi connectivity index (χ2n) is 7.08. The number of hydrogen-bond donors (Lipinski definition) is 1. The Morgan fingerprint density at radius 1 is 1.22 bits per heavy atom. The smallest absolute Gasteiger partial charge is 0.154 e. The number of hydroxylamine groups is 1. The average molecular weight is 365 g/mol. The highest BCUT2D eigenvalue weighted by atomic mass is 16.5. The van der Waals surface area contributed by atoms with Crippen LogP contribution in [0, 0.1) is 5.21 Å². The molecule has 2 aliphatic rings. The van der Waals surface area contributed by atoms with Crippen molar-refractivity contribution in [1.29, 1.82) is 0 Å². The van der Waals surface area contributed by atoms with Gasteiger partial charge in [-0.3, -0.25) is 5.17 Å². The van der Waals surface area contributed by atoms with Gasteiger partial charge in [-0.2, -0.15) is 0 Å². The molecule has 3 aromatic rings. The van der Waals surface area contributed by atoms with Crippen molar-refractivity contribution in [2.45, 2.75) is 25.4 Å². The van der Waals surface area contributed by atoms with Crippen LogP contribution in [0.25, 0.3) is 16.9 Å². The molecule has 8 nitrogen and oxygen atoms in total.